The molecule has 0 unspecified atom stereocenters. The summed E-state index contributed by atoms with van der Waals surface area (Å²) < 4.78 is 30.1. The highest BCUT2D eigenvalue weighted by atomic mass is 32.2. The second kappa shape index (κ2) is 6.60. The van der Waals surface area contributed by atoms with Gasteiger partial charge in [-0.05, 0) is 13.3 Å². The second-order valence-corrected chi connectivity index (χ2v) is 8.14. The number of hydrogen-bond donors (Lipinski definition) is 1. The van der Waals surface area contributed by atoms with Gasteiger partial charge in [-0.25, -0.2) is 17.5 Å². The van der Waals surface area contributed by atoms with Crippen molar-refractivity contribution in [1.29, 1.82) is 0 Å². The number of unbranched alkanes of at least 4 members (excludes halogenated alkanes) is 1. The molecule has 2 aliphatic heterocycles. The van der Waals surface area contributed by atoms with E-state index in [1.165, 1.54) is 4.31 Å². The molecule has 7 nitrogen and oxygen atoms in total. The van der Waals surface area contributed by atoms with E-state index < -0.39 is 21.6 Å². The number of nitrogens with one attached hydrogen (secondary N) is 1. The summed E-state index contributed by atoms with van der Waals surface area (Å²) in [7, 11) is -3.28. The van der Waals surface area contributed by atoms with Crippen LogP contribution in [-0.4, -0.2) is 56.1 Å². The molecule has 1 amide bonds. The number of nitrogens with zero attached hydrogens (tertiary/aromatic N) is 1. The molecule has 8 heteroatoms. The fraction of sp³-hybridized carbons (Fsp3) is 0.733. The predicted octanol–water partition coefficient (Wildman–Crippen LogP) is 0.570. The summed E-state index contributed by atoms with van der Waals surface area (Å²) in [5, 5.41) is 2.83. The van der Waals surface area contributed by atoms with Crippen LogP contribution in [0.25, 0.3) is 0 Å². The quantitative estimate of drug-likeness (QED) is 0.581. The van der Waals surface area contributed by atoms with Crippen LogP contribution in [0, 0.1) is 0 Å². The van der Waals surface area contributed by atoms with Crippen molar-refractivity contribution in [2.75, 3.05) is 25.9 Å². The summed E-state index contributed by atoms with van der Waals surface area (Å²) in [5.74, 6) is -0.770. The summed E-state index contributed by atoms with van der Waals surface area (Å²) in [6.07, 6.45) is 3.59. The van der Waals surface area contributed by atoms with E-state index in [1.54, 1.807) is 6.92 Å². The molecule has 1 spiro atoms. The maximum atomic E-state index is 12.5. The van der Waals surface area contributed by atoms with E-state index in [9.17, 15) is 18.0 Å². The normalized spacial score (nSPS) is 21.6. The Bertz CT molecular complexity index is 630. The van der Waals surface area contributed by atoms with Gasteiger partial charge in [0.25, 0.3) is 5.91 Å². The zero-order chi connectivity index (χ0) is 17.3. The molecule has 130 valence electrons. The van der Waals surface area contributed by atoms with Crippen LogP contribution < -0.4 is 5.32 Å². The fourth-order valence-electron chi connectivity index (χ4n) is 3.12. The Labute approximate surface area is 137 Å². The van der Waals surface area contributed by atoms with E-state index in [0.29, 0.717) is 30.5 Å². The minimum atomic E-state index is -3.28. The first kappa shape index (κ1) is 17.9. The third-order valence-corrected chi connectivity index (χ3v) is 5.77. The van der Waals surface area contributed by atoms with Crippen molar-refractivity contribution in [3.05, 3.63) is 11.1 Å². The third kappa shape index (κ3) is 3.58. The zero-order valence-electron chi connectivity index (χ0n) is 13.8. The molecule has 2 rings (SSSR count). The molecule has 23 heavy (non-hydrogen) atoms. The number of ether oxygens (including phenoxy) is 1. The summed E-state index contributed by atoms with van der Waals surface area (Å²) in [6.45, 7) is 4.65. The topological polar surface area (TPSA) is 92.8 Å². The van der Waals surface area contributed by atoms with Crippen LogP contribution in [-0.2, 0) is 24.3 Å². The molecule has 2 aliphatic rings. The molecule has 0 bridgehead atoms. The van der Waals surface area contributed by atoms with Crippen LogP contribution in [0.2, 0.25) is 0 Å². The van der Waals surface area contributed by atoms with Crippen LogP contribution in [0.15, 0.2) is 11.1 Å². The Balaban J connectivity index is 2.18. The van der Waals surface area contributed by atoms with Gasteiger partial charge in [0.05, 0.1) is 11.8 Å². The zero-order valence-corrected chi connectivity index (χ0v) is 14.7. The van der Waals surface area contributed by atoms with Gasteiger partial charge in [0.1, 0.15) is 5.60 Å². The molecule has 0 aliphatic carbocycles. The third-order valence-electron chi connectivity index (χ3n) is 4.47. The predicted molar refractivity (Wildman–Crippen MR) is 85.1 cm³/mol. The molecular formula is C15H24N2O5S. The lowest BCUT2D eigenvalue weighted by molar-refractivity contribution is -0.150. The number of hydrogen-bond acceptors (Lipinski definition) is 5. The van der Waals surface area contributed by atoms with Crippen LogP contribution in [0.3, 0.4) is 0 Å². The summed E-state index contributed by atoms with van der Waals surface area (Å²) in [4.78, 5) is 24.5. The van der Waals surface area contributed by atoms with Crippen molar-refractivity contribution in [3.8, 4) is 0 Å². The Morgan fingerprint density at radius 1 is 1.35 bits per heavy atom. The highest BCUT2D eigenvalue weighted by Gasteiger charge is 2.51. The molecule has 0 atom stereocenters. The van der Waals surface area contributed by atoms with Crippen molar-refractivity contribution in [3.63, 3.8) is 0 Å². The number of carbonyl (C=O) groups is 2. The lowest BCUT2D eigenvalue weighted by atomic mass is 9.83. The average Bonchev–Trinajstić information content (AvgIpc) is 2.69. The Hall–Kier alpha value is -1.41. The van der Waals surface area contributed by atoms with Crippen molar-refractivity contribution in [2.24, 2.45) is 0 Å². The molecule has 2 heterocycles. The number of esters is 1. The maximum Gasteiger partial charge on any atom is 0.335 e. The van der Waals surface area contributed by atoms with Crippen LogP contribution in [0.1, 0.15) is 39.5 Å². The van der Waals surface area contributed by atoms with Gasteiger partial charge in [0.2, 0.25) is 10.0 Å². The largest absolute Gasteiger partial charge is 0.450 e. The first-order chi connectivity index (χ1) is 10.7. The summed E-state index contributed by atoms with van der Waals surface area (Å²) in [6, 6.07) is 0. The monoisotopic (exact) mass is 344 g/mol. The molecule has 0 radical (unpaired) electrons. The van der Waals surface area contributed by atoms with E-state index in [2.05, 4.69) is 5.32 Å². The lowest BCUT2D eigenvalue weighted by Gasteiger charge is -2.38. The molecule has 0 aromatic carbocycles. The van der Waals surface area contributed by atoms with Crippen LogP contribution in [0.4, 0.5) is 0 Å². The van der Waals surface area contributed by atoms with E-state index in [4.69, 9.17) is 4.74 Å². The van der Waals surface area contributed by atoms with Gasteiger partial charge in [-0.1, -0.05) is 13.3 Å². The lowest BCUT2D eigenvalue weighted by Crippen LogP contribution is -2.50. The molecule has 0 aromatic heterocycles. The molecular weight excluding hydrogens is 320 g/mol. The van der Waals surface area contributed by atoms with E-state index >= 15 is 0 Å². The SMILES string of the molecule is CCCCNC(=O)C1=C(C)C(=O)OC12CCN(S(C)(=O)=O)CC2. The van der Waals surface area contributed by atoms with Gasteiger partial charge >= 0.3 is 5.97 Å². The standard InChI is InChI=1S/C15H24N2O5S/c1-4-5-8-16-13(18)12-11(2)14(19)22-15(12)6-9-17(10-7-15)23(3,20)21/h4-10H2,1-3H3,(H,16,18). The van der Waals surface area contributed by atoms with Crippen molar-refractivity contribution >= 4 is 21.9 Å². The molecule has 0 aromatic rings. The Kier molecular flexibility index (Phi) is 5.15. The number of piperidine rings is 1. The van der Waals surface area contributed by atoms with Gasteiger partial charge in [-0.15, -0.1) is 0 Å². The maximum absolute atomic E-state index is 12.5. The van der Waals surface area contributed by atoms with Crippen LogP contribution >= 0.6 is 0 Å². The van der Waals surface area contributed by atoms with E-state index in [-0.39, 0.29) is 19.0 Å². The number of rotatable bonds is 5. The Morgan fingerprint density at radius 2 is 1.96 bits per heavy atom. The fourth-order valence-corrected chi connectivity index (χ4v) is 3.97. The molecule has 1 N–H and O–H groups in total. The van der Waals surface area contributed by atoms with Crippen molar-refractivity contribution in [2.45, 2.75) is 45.1 Å². The van der Waals surface area contributed by atoms with Gasteiger partial charge in [-0.2, -0.15) is 0 Å². The minimum absolute atomic E-state index is 0.241. The van der Waals surface area contributed by atoms with E-state index in [1.807, 2.05) is 6.92 Å². The van der Waals surface area contributed by atoms with Crippen LogP contribution in [0.5, 0.6) is 0 Å². The average molecular weight is 344 g/mol. The number of carbonyl (C=O) groups excluding carboxylic acids is 2. The minimum Gasteiger partial charge on any atom is -0.450 e. The van der Waals surface area contributed by atoms with E-state index in [0.717, 1.165) is 19.1 Å². The highest BCUT2D eigenvalue weighted by molar-refractivity contribution is 7.88. The van der Waals surface area contributed by atoms with Gasteiger partial charge in [-0.3, -0.25) is 4.79 Å². The number of amides is 1. The van der Waals surface area contributed by atoms with Crippen molar-refractivity contribution < 1.29 is 22.7 Å². The van der Waals surface area contributed by atoms with Gasteiger partial charge < -0.3 is 10.1 Å². The molecule has 1 fully saturated rings. The molecule has 1 saturated heterocycles. The van der Waals surface area contributed by atoms with Gasteiger partial charge in [0.15, 0.2) is 0 Å². The Morgan fingerprint density at radius 3 is 2.48 bits per heavy atom. The summed E-state index contributed by atoms with van der Waals surface area (Å²) >= 11 is 0. The van der Waals surface area contributed by atoms with Gasteiger partial charge in [0, 0.05) is 38.0 Å². The summed E-state index contributed by atoms with van der Waals surface area (Å²) in [5.41, 5.74) is -0.294. The highest BCUT2D eigenvalue weighted by Crippen LogP contribution is 2.41. The smallest absolute Gasteiger partial charge is 0.335 e. The first-order valence-electron chi connectivity index (χ1n) is 7.89. The number of sulfonamides is 1. The van der Waals surface area contributed by atoms with Crippen molar-refractivity contribution in [1.82, 2.24) is 9.62 Å². The second-order valence-electron chi connectivity index (χ2n) is 6.16. The molecule has 0 saturated carbocycles. The first-order valence-corrected chi connectivity index (χ1v) is 9.74.